The van der Waals surface area contributed by atoms with Crippen molar-refractivity contribution in [3.8, 4) is 5.75 Å². The molecule has 0 saturated carbocycles. The molecule has 0 aromatic heterocycles. The van der Waals surface area contributed by atoms with E-state index in [9.17, 15) is 9.59 Å². The van der Waals surface area contributed by atoms with Gasteiger partial charge in [-0.1, -0.05) is 12.1 Å². The van der Waals surface area contributed by atoms with Gasteiger partial charge in [-0.15, -0.1) is 0 Å². The molecule has 0 spiro atoms. The topological polar surface area (TPSA) is 49.9 Å². The van der Waals surface area contributed by atoms with Crippen LogP contribution in [0.25, 0.3) is 0 Å². The number of anilines is 1. The molecule has 1 atom stereocenters. The summed E-state index contributed by atoms with van der Waals surface area (Å²) in [5.41, 5.74) is 0.759. The molecule has 1 saturated heterocycles. The first-order valence-electron chi connectivity index (χ1n) is 7.51. The third kappa shape index (κ3) is 2.73. The summed E-state index contributed by atoms with van der Waals surface area (Å²) in [4.78, 5) is 28.0. The van der Waals surface area contributed by atoms with E-state index in [1.54, 1.807) is 11.8 Å². The Morgan fingerprint density at radius 1 is 1.29 bits per heavy atom. The molecule has 1 fully saturated rings. The summed E-state index contributed by atoms with van der Waals surface area (Å²) in [6.45, 7) is 3.86. The number of nitrogens with zero attached hydrogens (tertiary/aromatic N) is 2. The van der Waals surface area contributed by atoms with Crippen LogP contribution in [0.15, 0.2) is 24.3 Å². The van der Waals surface area contributed by atoms with E-state index in [2.05, 4.69) is 0 Å². The smallest absolute Gasteiger partial charge is 0.267 e. The summed E-state index contributed by atoms with van der Waals surface area (Å²) in [6.07, 6.45) is 2.04. The minimum Gasteiger partial charge on any atom is -0.479 e. The molecule has 21 heavy (non-hydrogen) atoms. The lowest BCUT2D eigenvalue weighted by Crippen LogP contribution is -2.46. The minimum atomic E-state index is -0.498. The Bertz CT molecular complexity index is 552. The molecule has 1 unspecified atom stereocenters. The number of carbonyl (C=O) groups excluding carboxylic acids is 2. The molecule has 1 aromatic carbocycles. The number of likely N-dealkylation sites (tertiary alicyclic amines) is 1. The Kier molecular flexibility index (Phi) is 3.82. The summed E-state index contributed by atoms with van der Waals surface area (Å²) in [7, 11) is 0. The first kappa shape index (κ1) is 13.9. The molecule has 112 valence electrons. The first-order chi connectivity index (χ1) is 10.2. The highest BCUT2D eigenvalue weighted by atomic mass is 16.5. The summed E-state index contributed by atoms with van der Waals surface area (Å²) < 4.78 is 5.59. The van der Waals surface area contributed by atoms with Gasteiger partial charge in [0.1, 0.15) is 5.75 Å². The molecule has 2 aliphatic heterocycles. The molecule has 2 amide bonds. The number of fused-ring (bicyclic) bond motifs is 1. The van der Waals surface area contributed by atoms with Crippen LogP contribution in [-0.2, 0) is 9.59 Å². The summed E-state index contributed by atoms with van der Waals surface area (Å²) in [6, 6.07) is 7.47. The quantitative estimate of drug-likeness (QED) is 0.852. The van der Waals surface area contributed by atoms with Crippen LogP contribution in [0.1, 0.15) is 26.2 Å². The SMILES string of the molecule is CC1Oc2ccccc2N(CCC(=O)N2CCCC2)C1=O. The Hall–Kier alpha value is -2.04. The zero-order chi connectivity index (χ0) is 14.8. The van der Waals surface area contributed by atoms with Gasteiger partial charge in [0.25, 0.3) is 5.91 Å². The van der Waals surface area contributed by atoms with E-state index >= 15 is 0 Å². The largest absolute Gasteiger partial charge is 0.479 e. The van der Waals surface area contributed by atoms with E-state index < -0.39 is 6.10 Å². The molecule has 0 aliphatic carbocycles. The average molecular weight is 288 g/mol. The number of carbonyl (C=O) groups is 2. The van der Waals surface area contributed by atoms with Gasteiger partial charge in [-0.3, -0.25) is 9.59 Å². The van der Waals surface area contributed by atoms with Crippen LogP contribution in [0.2, 0.25) is 0 Å². The van der Waals surface area contributed by atoms with Crippen LogP contribution in [0.4, 0.5) is 5.69 Å². The predicted molar refractivity (Wildman–Crippen MR) is 79.3 cm³/mol. The Morgan fingerprint density at radius 3 is 2.76 bits per heavy atom. The van der Waals surface area contributed by atoms with Gasteiger partial charge in [-0.25, -0.2) is 0 Å². The normalized spacial score (nSPS) is 21.2. The lowest BCUT2D eigenvalue weighted by Gasteiger charge is -2.33. The van der Waals surface area contributed by atoms with Crippen molar-refractivity contribution in [2.45, 2.75) is 32.3 Å². The number of hydrogen-bond acceptors (Lipinski definition) is 3. The highest BCUT2D eigenvalue weighted by molar-refractivity contribution is 6.00. The van der Waals surface area contributed by atoms with Crippen LogP contribution in [0.3, 0.4) is 0 Å². The van der Waals surface area contributed by atoms with Crippen molar-refractivity contribution in [1.29, 1.82) is 0 Å². The maximum absolute atomic E-state index is 12.3. The molecular formula is C16H20N2O3. The fourth-order valence-electron chi connectivity index (χ4n) is 2.92. The van der Waals surface area contributed by atoms with E-state index in [4.69, 9.17) is 4.74 Å². The number of para-hydroxylation sites is 2. The van der Waals surface area contributed by atoms with Crippen LogP contribution in [0.5, 0.6) is 5.75 Å². The third-order valence-electron chi connectivity index (χ3n) is 4.08. The molecule has 0 radical (unpaired) electrons. The Labute approximate surface area is 124 Å². The predicted octanol–water partition coefficient (Wildman–Crippen LogP) is 1.81. The second-order valence-corrected chi connectivity index (χ2v) is 5.56. The van der Waals surface area contributed by atoms with Gasteiger partial charge >= 0.3 is 0 Å². The van der Waals surface area contributed by atoms with Crippen LogP contribution < -0.4 is 9.64 Å². The molecule has 3 rings (SSSR count). The van der Waals surface area contributed by atoms with Crippen molar-refractivity contribution in [2.24, 2.45) is 0 Å². The van der Waals surface area contributed by atoms with Crippen LogP contribution >= 0.6 is 0 Å². The summed E-state index contributed by atoms with van der Waals surface area (Å²) in [5, 5.41) is 0. The third-order valence-corrected chi connectivity index (χ3v) is 4.08. The van der Waals surface area contributed by atoms with E-state index in [-0.39, 0.29) is 11.8 Å². The van der Waals surface area contributed by atoms with Gasteiger partial charge in [-0.2, -0.15) is 0 Å². The lowest BCUT2D eigenvalue weighted by molar-refractivity contribution is -0.130. The first-order valence-corrected chi connectivity index (χ1v) is 7.51. The highest BCUT2D eigenvalue weighted by Gasteiger charge is 2.31. The molecule has 5 heteroatoms. The zero-order valence-electron chi connectivity index (χ0n) is 12.2. The van der Waals surface area contributed by atoms with Crippen LogP contribution in [-0.4, -0.2) is 42.5 Å². The molecule has 0 bridgehead atoms. The van der Waals surface area contributed by atoms with Crippen molar-refractivity contribution in [3.63, 3.8) is 0 Å². The molecule has 2 aliphatic rings. The summed E-state index contributed by atoms with van der Waals surface area (Å²) in [5.74, 6) is 0.762. The van der Waals surface area contributed by atoms with Gasteiger partial charge in [-0.05, 0) is 31.9 Å². The highest BCUT2D eigenvalue weighted by Crippen LogP contribution is 2.33. The van der Waals surface area contributed by atoms with Gasteiger partial charge < -0.3 is 14.5 Å². The fraction of sp³-hybridized carbons (Fsp3) is 0.500. The number of amides is 2. The van der Waals surface area contributed by atoms with Crippen LogP contribution in [0, 0.1) is 0 Å². The van der Waals surface area contributed by atoms with Gasteiger partial charge in [0.2, 0.25) is 5.91 Å². The maximum Gasteiger partial charge on any atom is 0.267 e. The van der Waals surface area contributed by atoms with Crippen molar-refractivity contribution >= 4 is 17.5 Å². The molecule has 2 heterocycles. The maximum atomic E-state index is 12.3. The Morgan fingerprint density at radius 2 is 2.00 bits per heavy atom. The second-order valence-electron chi connectivity index (χ2n) is 5.56. The zero-order valence-corrected chi connectivity index (χ0v) is 12.2. The number of hydrogen-bond donors (Lipinski definition) is 0. The lowest BCUT2D eigenvalue weighted by atomic mass is 10.1. The number of rotatable bonds is 3. The van der Waals surface area contributed by atoms with Crippen molar-refractivity contribution in [3.05, 3.63) is 24.3 Å². The molecule has 0 N–H and O–H groups in total. The van der Waals surface area contributed by atoms with Crippen molar-refractivity contribution in [1.82, 2.24) is 4.90 Å². The molecular weight excluding hydrogens is 268 g/mol. The van der Waals surface area contributed by atoms with E-state index in [1.807, 2.05) is 29.2 Å². The number of ether oxygens (including phenoxy) is 1. The summed E-state index contributed by atoms with van der Waals surface area (Å²) >= 11 is 0. The van der Waals surface area contributed by atoms with Crippen molar-refractivity contribution in [2.75, 3.05) is 24.5 Å². The number of benzene rings is 1. The van der Waals surface area contributed by atoms with E-state index in [0.29, 0.717) is 18.7 Å². The standard InChI is InChI=1S/C16H20N2O3/c1-12-16(20)18(13-6-2-3-7-14(13)21-12)11-8-15(19)17-9-4-5-10-17/h2-3,6-7,12H,4-5,8-11H2,1H3. The Balaban J connectivity index is 1.71. The average Bonchev–Trinajstić information content (AvgIpc) is 3.02. The fourth-order valence-corrected chi connectivity index (χ4v) is 2.92. The van der Waals surface area contributed by atoms with Crippen molar-refractivity contribution < 1.29 is 14.3 Å². The minimum absolute atomic E-state index is 0.0806. The molecule has 1 aromatic rings. The van der Waals surface area contributed by atoms with Gasteiger partial charge in [0, 0.05) is 26.1 Å². The van der Waals surface area contributed by atoms with Gasteiger partial charge in [0.15, 0.2) is 6.10 Å². The second kappa shape index (κ2) is 5.76. The van der Waals surface area contributed by atoms with E-state index in [0.717, 1.165) is 31.6 Å². The van der Waals surface area contributed by atoms with Gasteiger partial charge in [0.05, 0.1) is 5.69 Å². The monoisotopic (exact) mass is 288 g/mol. The molecule has 5 nitrogen and oxygen atoms in total. The van der Waals surface area contributed by atoms with E-state index in [1.165, 1.54) is 0 Å².